The zero-order chi connectivity index (χ0) is 15.5. The molecule has 7 heteroatoms. The number of likely N-dealkylation sites (tertiary alicyclic amines) is 1. The van der Waals surface area contributed by atoms with Crippen molar-refractivity contribution in [1.29, 1.82) is 0 Å². The molecule has 1 fully saturated rings. The predicted octanol–water partition coefficient (Wildman–Crippen LogP) is 2.60. The normalized spacial score (nSPS) is 16.6. The summed E-state index contributed by atoms with van der Waals surface area (Å²) in [5.41, 5.74) is 0.522. The number of carbonyl (C=O) groups is 2. The van der Waals surface area contributed by atoms with Gasteiger partial charge in [0.25, 0.3) is 5.91 Å². The second kappa shape index (κ2) is 6.15. The van der Waals surface area contributed by atoms with E-state index in [0.717, 1.165) is 0 Å². The summed E-state index contributed by atoms with van der Waals surface area (Å²) in [6, 6.07) is 8.61. The van der Waals surface area contributed by atoms with Crippen molar-refractivity contribution in [3.8, 4) is 0 Å². The van der Waals surface area contributed by atoms with Crippen LogP contribution >= 0.6 is 0 Å². The number of ether oxygens (including phenoxy) is 1. The Morgan fingerprint density at radius 3 is 2.19 bits per heavy atom. The molecule has 1 aliphatic rings. The van der Waals surface area contributed by atoms with Crippen LogP contribution in [0.3, 0.4) is 0 Å². The Kier molecular flexibility index (Phi) is 4.50. The van der Waals surface area contributed by atoms with Gasteiger partial charge in [0.15, 0.2) is 0 Å². The molecule has 0 N–H and O–H groups in total. The Balaban J connectivity index is 1.89. The van der Waals surface area contributed by atoms with E-state index < -0.39 is 18.2 Å². The molecule has 0 unspecified atom stereocenters. The topological polar surface area (TPSA) is 46.6 Å². The van der Waals surface area contributed by atoms with Crippen LogP contribution in [-0.2, 0) is 9.53 Å². The van der Waals surface area contributed by atoms with E-state index in [0.29, 0.717) is 5.56 Å². The van der Waals surface area contributed by atoms with Crippen molar-refractivity contribution in [2.24, 2.45) is 5.92 Å². The first kappa shape index (κ1) is 15.3. The molecule has 0 saturated carbocycles. The van der Waals surface area contributed by atoms with Gasteiger partial charge in [-0.1, -0.05) is 18.2 Å². The van der Waals surface area contributed by atoms with Crippen LogP contribution in [0.5, 0.6) is 0 Å². The number of esters is 1. The highest BCUT2D eigenvalue weighted by Crippen LogP contribution is 2.24. The fourth-order valence-electron chi connectivity index (χ4n) is 2.28. The molecular formula is C14H14F3NO3. The van der Waals surface area contributed by atoms with E-state index in [1.54, 1.807) is 30.3 Å². The molecule has 1 amide bonds. The van der Waals surface area contributed by atoms with Crippen molar-refractivity contribution < 1.29 is 27.5 Å². The zero-order valence-electron chi connectivity index (χ0n) is 11.1. The molecule has 1 saturated heterocycles. The minimum Gasteiger partial charge on any atom is -0.373 e. The molecule has 0 aromatic heterocycles. The van der Waals surface area contributed by atoms with Crippen LogP contribution in [0.15, 0.2) is 30.3 Å². The standard InChI is InChI=1S/C14H14F3NO3/c15-14(16,17)21-13(20)11-6-8-18(9-7-11)12(19)10-4-2-1-3-5-10/h1-5,11H,6-9H2. The molecule has 1 aromatic carbocycles. The first-order chi connectivity index (χ1) is 9.87. The van der Waals surface area contributed by atoms with E-state index in [9.17, 15) is 22.8 Å². The van der Waals surface area contributed by atoms with Crippen molar-refractivity contribution in [2.45, 2.75) is 19.2 Å². The minimum absolute atomic E-state index is 0.174. The van der Waals surface area contributed by atoms with Crippen LogP contribution in [0, 0.1) is 5.92 Å². The van der Waals surface area contributed by atoms with Gasteiger partial charge < -0.3 is 9.64 Å². The number of carbonyl (C=O) groups excluding carboxylic acids is 2. The van der Waals surface area contributed by atoms with Gasteiger partial charge in [0.2, 0.25) is 0 Å². The lowest BCUT2D eigenvalue weighted by atomic mass is 9.96. The zero-order valence-corrected chi connectivity index (χ0v) is 11.1. The summed E-state index contributed by atoms with van der Waals surface area (Å²) in [4.78, 5) is 25.0. The van der Waals surface area contributed by atoms with Gasteiger partial charge in [-0.2, -0.15) is 0 Å². The van der Waals surface area contributed by atoms with E-state index >= 15 is 0 Å². The number of hydrogen-bond donors (Lipinski definition) is 0. The summed E-state index contributed by atoms with van der Waals surface area (Å²) in [5, 5.41) is 0. The molecule has 114 valence electrons. The first-order valence-electron chi connectivity index (χ1n) is 6.51. The van der Waals surface area contributed by atoms with Crippen LogP contribution in [0.25, 0.3) is 0 Å². The molecule has 0 spiro atoms. The van der Waals surface area contributed by atoms with Crippen LogP contribution in [0.1, 0.15) is 23.2 Å². The smallest absolute Gasteiger partial charge is 0.373 e. The molecular weight excluding hydrogens is 287 g/mol. The Labute approximate surface area is 119 Å². The average molecular weight is 301 g/mol. The van der Waals surface area contributed by atoms with Gasteiger partial charge in [0.1, 0.15) is 0 Å². The molecule has 21 heavy (non-hydrogen) atoms. The van der Waals surface area contributed by atoms with Gasteiger partial charge in [-0.25, -0.2) is 0 Å². The monoisotopic (exact) mass is 301 g/mol. The number of benzene rings is 1. The Hall–Kier alpha value is -2.05. The Bertz CT molecular complexity index is 508. The number of nitrogens with zero attached hydrogens (tertiary/aromatic N) is 1. The maximum Gasteiger partial charge on any atom is 0.575 e. The summed E-state index contributed by atoms with van der Waals surface area (Å²) < 4.78 is 39.4. The summed E-state index contributed by atoms with van der Waals surface area (Å²) >= 11 is 0. The Morgan fingerprint density at radius 2 is 1.67 bits per heavy atom. The second-order valence-corrected chi connectivity index (χ2v) is 4.80. The van der Waals surface area contributed by atoms with E-state index in [-0.39, 0.29) is 31.8 Å². The highest BCUT2D eigenvalue weighted by atomic mass is 19.4. The number of rotatable bonds is 2. The number of piperidine rings is 1. The Morgan fingerprint density at radius 1 is 1.10 bits per heavy atom. The maximum absolute atomic E-state index is 12.1. The summed E-state index contributed by atoms with van der Waals surface area (Å²) in [6.45, 7) is 0.483. The molecule has 0 radical (unpaired) electrons. The van der Waals surface area contributed by atoms with Crippen LogP contribution in [0.4, 0.5) is 13.2 Å². The number of amides is 1. The largest absolute Gasteiger partial charge is 0.575 e. The third-order valence-electron chi connectivity index (χ3n) is 3.35. The van der Waals surface area contributed by atoms with Gasteiger partial charge in [0.05, 0.1) is 5.92 Å². The molecule has 1 aliphatic heterocycles. The first-order valence-corrected chi connectivity index (χ1v) is 6.51. The fourth-order valence-corrected chi connectivity index (χ4v) is 2.28. The van der Waals surface area contributed by atoms with E-state index in [1.807, 2.05) is 0 Å². The molecule has 2 rings (SSSR count). The lowest BCUT2D eigenvalue weighted by molar-refractivity contribution is -0.308. The second-order valence-electron chi connectivity index (χ2n) is 4.80. The van der Waals surface area contributed by atoms with Gasteiger partial charge in [-0.15, -0.1) is 13.2 Å². The molecule has 4 nitrogen and oxygen atoms in total. The van der Waals surface area contributed by atoms with Crippen molar-refractivity contribution in [1.82, 2.24) is 4.90 Å². The molecule has 0 bridgehead atoms. The quantitative estimate of drug-likeness (QED) is 0.789. The number of halogens is 3. The molecule has 0 aliphatic carbocycles. The van der Waals surface area contributed by atoms with Crippen LogP contribution < -0.4 is 0 Å². The van der Waals surface area contributed by atoms with Crippen LogP contribution in [-0.4, -0.2) is 36.2 Å². The van der Waals surface area contributed by atoms with Crippen molar-refractivity contribution in [2.75, 3.05) is 13.1 Å². The van der Waals surface area contributed by atoms with Crippen molar-refractivity contribution >= 4 is 11.9 Å². The lowest BCUT2D eigenvalue weighted by Gasteiger charge is -2.31. The summed E-state index contributed by atoms with van der Waals surface area (Å²) in [5.74, 6) is -2.26. The summed E-state index contributed by atoms with van der Waals surface area (Å²) in [7, 11) is 0. The molecule has 1 aromatic rings. The lowest BCUT2D eigenvalue weighted by Crippen LogP contribution is -2.41. The van der Waals surface area contributed by atoms with Crippen molar-refractivity contribution in [3.63, 3.8) is 0 Å². The van der Waals surface area contributed by atoms with E-state index in [4.69, 9.17) is 0 Å². The van der Waals surface area contributed by atoms with E-state index in [2.05, 4.69) is 4.74 Å². The van der Waals surface area contributed by atoms with Crippen LogP contribution in [0.2, 0.25) is 0 Å². The minimum atomic E-state index is -4.95. The highest BCUT2D eigenvalue weighted by molar-refractivity contribution is 5.94. The van der Waals surface area contributed by atoms with Gasteiger partial charge in [0, 0.05) is 18.7 Å². The van der Waals surface area contributed by atoms with Gasteiger partial charge >= 0.3 is 12.3 Å². The van der Waals surface area contributed by atoms with Gasteiger partial charge in [-0.05, 0) is 25.0 Å². The number of hydrogen-bond acceptors (Lipinski definition) is 3. The third-order valence-corrected chi connectivity index (χ3v) is 3.35. The molecule has 0 atom stereocenters. The van der Waals surface area contributed by atoms with E-state index in [1.165, 1.54) is 4.90 Å². The summed E-state index contributed by atoms with van der Waals surface area (Å²) in [6.07, 6.45) is -4.60. The van der Waals surface area contributed by atoms with Crippen molar-refractivity contribution in [3.05, 3.63) is 35.9 Å². The number of alkyl halides is 3. The van der Waals surface area contributed by atoms with Gasteiger partial charge in [-0.3, -0.25) is 9.59 Å². The predicted molar refractivity (Wildman–Crippen MR) is 67.2 cm³/mol. The molecule has 1 heterocycles. The maximum atomic E-state index is 12.1. The SMILES string of the molecule is O=C(OC(F)(F)F)C1CCN(C(=O)c2ccccc2)CC1. The average Bonchev–Trinajstić information content (AvgIpc) is 2.46. The fraction of sp³-hybridized carbons (Fsp3) is 0.429. The highest BCUT2D eigenvalue weighted by Gasteiger charge is 2.38. The third kappa shape index (κ3) is 4.21.